The molecule has 6 heteroatoms. The van der Waals surface area contributed by atoms with Gasteiger partial charge in [-0.3, -0.25) is 0 Å². The highest BCUT2D eigenvalue weighted by molar-refractivity contribution is 9.10. The molecule has 3 aromatic rings. The molecule has 0 saturated heterocycles. The lowest BCUT2D eigenvalue weighted by molar-refractivity contribution is 0.894. The van der Waals surface area contributed by atoms with E-state index in [2.05, 4.69) is 26.0 Å². The molecule has 96 valence electrons. The molecule has 0 spiro atoms. The van der Waals surface area contributed by atoms with Crippen LogP contribution in [0, 0.1) is 6.92 Å². The van der Waals surface area contributed by atoms with Gasteiger partial charge in [0.15, 0.2) is 11.5 Å². The van der Waals surface area contributed by atoms with Crippen molar-refractivity contribution in [1.82, 2.24) is 14.8 Å². The first-order valence-electron chi connectivity index (χ1n) is 5.62. The van der Waals surface area contributed by atoms with Gasteiger partial charge in [-0.05, 0) is 46.6 Å². The van der Waals surface area contributed by atoms with Gasteiger partial charge in [0.2, 0.25) is 0 Å². The Balaban J connectivity index is 2.34. The van der Waals surface area contributed by atoms with Crippen LogP contribution in [0.15, 0.2) is 34.9 Å². The van der Waals surface area contributed by atoms with E-state index in [4.69, 9.17) is 17.3 Å². The molecule has 19 heavy (non-hydrogen) atoms. The number of nitrogen functional groups attached to an aromatic ring is 1. The van der Waals surface area contributed by atoms with Gasteiger partial charge in [-0.1, -0.05) is 17.7 Å². The fraction of sp³-hybridized carbons (Fsp3) is 0.0769. The Hall–Kier alpha value is -1.59. The summed E-state index contributed by atoms with van der Waals surface area (Å²) in [5.41, 5.74) is 8.59. The smallest absolute Gasteiger partial charge is 0.165 e. The molecule has 0 fully saturated rings. The van der Waals surface area contributed by atoms with Crippen molar-refractivity contribution >= 4 is 44.4 Å². The van der Waals surface area contributed by atoms with Crippen LogP contribution in [0.1, 0.15) is 5.56 Å². The minimum atomic E-state index is 0.447. The van der Waals surface area contributed by atoms with Crippen molar-refractivity contribution < 1.29 is 0 Å². The summed E-state index contributed by atoms with van der Waals surface area (Å²) >= 11 is 9.43. The molecule has 3 rings (SSSR count). The number of aromatic nitrogens is 3. The first-order chi connectivity index (χ1) is 9.06. The van der Waals surface area contributed by atoms with Crippen LogP contribution in [-0.2, 0) is 0 Å². The number of rotatable bonds is 1. The first kappa shape index (κ1) is 12.4. The number of hydrogen-bond donors (Lipinski definition) is 1. The highest BCUT2D eigenvalue weighted by atomic mass is 79.9. The number of anilines is 1. The Morgan fingerprint density at radius 3 is 2.89 bits per heavy atom. The maximum absolute atomic E-state index is 6.05. The molecule has 0 aliphatic carbocycles. The van der Waals surface area contributed by atoms with Gasteiger partial charge >= 0.3 is 0 Å². The third-order valence-electron chi connectivity index (χ3n) is 2.92. The number of aryl methyl sites for hydroxylation is 1. The second-order valence-electron chi connectivity index (χ2n) is 4.25. The number of hydrogen-bond acceptors (Lipinski definition) is 3. The zero-order valence-electron chi connectivity index (χ0n) is 10.1. The molecule has 0 saturated carbocycles. The van der Waals surface area contributed by atoms with Crippen molar-refractivity contribution in [3.05, 3.63) is 45.5 Å². The molecule has 2 heterocycles. The van der Waals surface area contributed by atoms with E-state index < -0.39 is 0 Å². The normalized spacial score (nSPS) is 11.1. The van der Waals surface area contributed by atoms with Crippen LogP contribution in [0.3, 0.4) is 0 Å². The van der Waals surface area contributed by atoms with E-state index in [1.165, 1.54) is 0 Å². The summed E-state index contributed by atoms with van der Waals surface area (Å²) in [5.74, 6) is 0.447. The maximum Gasteiger partial charge on any atom is 0.165 e. The zero-order chi connectivity index (χ0) is 13.6. The molecule has 0 unspecified atom stereocenters. The minimum Gasteiger partial charge on any atom is -0.382 e. The highest BCUT2D eigenvalue weighted by Gasteiger charge is 2.13. The number of nitrogens with zero attached hydrogens (tertiary/aromatic N) is 3. The summed E-state index contributed by atoms with van der Waals surface area (Å²) < 4.78 is 2.59. The lowest BCUT2D eigenvalue weighted by Gasteiger charge is -2.07. The van der Waals surface area contributed by atoms with E-state index in [0.29, 0.717) is 16.5 Å². The topological polar surface area (TPSA) is 56.7 Å². The molecular formula is C13H10BrClN4. The zero-order valence-corrected chi connectivity index (χ0v) is 12.4. The number of fused-ring (bicyclic) bond motifs is 1. The standard InChI is InChI=1S/C13H10BrClN4/c1-7-2-3-9(15)5-11(7)19-13-10(12(16)18-19)4-8(14)6-17-13/h2-6H,1H3,(H2,16,18). The summed E-state index contributed by atoms with van der Waals surface area (Å²) in [4.78, 5) is 4.38. The van der Waals surface area contributed by atoms with Crippen molar-refractivity contribution in [3.63, 3.8) is 0 Å². The summed E-state index contributed by atoms with van der Waals surface area (Å²) in [6.45, 7) is 1.99. The van der Waals surface area contributed by atoms with Gasteiger partial charge in [0.1, 0.15) is 0 Å². The van der Waals surface area contributed by atoms with E-state index in [0.717, 1.165) is 21.1 Å². The minimum absolute atomic E-state index is 0.447. The Morgan fingerprint density at radius 2 is 2.11 bits per heavy atom. The lowest BCUT2D eigenvalue weighted by Crippen LogP contribution is -2.00. The summed E-state index contributed by atoms with van der Waals surface area (Å²) in [7, 11) is 0. The van der Waals surface area contributed by atoms with Crippen molar-refractivity contribution in [2.45, 2.75) is 6.92 Å². The molecule has 1 aromatic carbocycles. The molecule has 0 radical (unpaired) electrons. The highest BCUT2D eigenvalue weighted by Crippen LogP contribution is 2.27. The number of halogens is 2. The van der Waals surface area contributed by atoms with Gasteiger partial charge in [-0.2, -0.15) is 0 Å². The predicted octanol–water partition coefficient (Wildman–Crippen LogP) is 3.73. The van der Waals surface area contributed by atoms with Gasteiger partial charge in [-0.15, -0.1) is 5.10 Å². The van der Waals surface area contributed by atoms with Gasteiger partial charge in [0.05, 0.1) is 11.1 Å². The SMILES string of the molecule is Cc1ccc(Cl)cc1-n1nc(N)c2cc(Br)cnc21. The third-order valence-corrected chi connectivity index (χ3v) is 3.59. The van der Waals surface area contributed by atoms with E-state index in [1.54, 1.807) is 10.9 Å². The van der Waals surface area contributed by atoms with Crippen LogP contribution in [-0.4, -0.2) is 14.8 Å². The molecule has 2 aromatic heterocycles. The second kappa shape index (κ2) is 4.51. The Kier molecular flexibility index (Phi) is 2.95. The molecule has 0 aliphatic rings. The van der Waals surface area contributed by atoms with Crippen LogP contribution >= 0.6 is 27.5 Å². The fourth-order valence-electron chi connectivity index (χ4n) is 1.98. The van der Waals surface area contributed by atoms with Crippen LogP contribution in [0.5, 0.6) is 0 Å². The summed E-state index contributed by atoms with van der Waals surface area (Å²) in [6.07, 6.45) is 1.72. The molecule has 2 N–H and O–H groups in total. The largest absolute Gasteiger partial charge is 0.382 e. The Labute approximate surface area is 123 Å². The summed E-state index contributed by atoms with van der Waals surface area (Å²) in [5, 5.41) is 5.82. The molecular weight excluding hydrogens is 328 g/mol. The van der Waals surface area contributed by atoms with Crippen LogP contribution in [0.2, 0.25) is 5.02 Å². The molecule has 4 nitrogen and oxygen atoms in total. The van der Waals surface area contributed by atoms with E-state index in [-0.39, 0.29) is 0 Å². The number of nitrogens with two attached hydrogens (primary N) is 1. The van der Waals surface area contributed by atoms with Crippen molar-refractivity contribution in [2.75, 3.05) is 5.73 Å². The predicted molar refractivity (Wildman–Crippen MR) is 80.7 cm³/mol. The number of benzene rings is 1. The Morgan fingerprint density at radius 1 is 1.32 bits per heavy atom. The average molecular weight is 338 g/mol. The fourth-order valence-corrected chi connectivity index (χ4v) is 2.47. The summed E-state index contributed by atoms with van der Waals surface area (Å²) in [6, 6.07) is 7.55. The maximum atomic E-state index is 6.05. The van der Waals surface area contributed by atoms with Crippen molar-refractivity contribution in [3.8, 4) is 5.69 Å². The van der Waals surface area contributed by atoms with E-state index in [9.17, 15) is 0 Å². The first-order valence-corrected chi connectivity index (χ1v) is 6.79. The lowest BCUT2D eigenvalue weighted by atomic mass is 10.2. The molecule has 0 atom stereocenters. The van der Waals surface area contributed by atoms with Crippen LogP contribution < -0.4 is 5.73 Å². The second-order valence-corrected chi connectivity index (χ2v) is 5.60. The third kappa shape index (κ3) is 2.09. The number of pyridine rings is 1. The van der Waals surface area contributed by atoms with E-state index >= 15 is 0 Å². The quantitative estimate of drug-likeness (QED) is 0.736. The van der Waals surface area contributed by atoms with Gasteiger partial charge in [0.25, 0.3) is 0 Å². The van der Waals surface area contributed by atoms with Crippen LogP contribution in [0.25, 0.3) is 16.7 Å². The molecule has 0 amide bonds. The van der Waals surface area contributed by atoms with E-state index in [1.807, 2.05) is 31.2 Å². The van der Waals surface area contributed by atoms with Gasteiger partial charge in [-0.25, -0.2) is 9.67 Å². The van der Waals surface area contributed by atoms with Gasteiger partial charge < -0.3 is 5.73 Å². The molecule has 0 aliphatic heterocycles. The monoisotopic (exact) mass is 336 g/mol. The van der Waals surface area contributed by atoms with Crippen LogP contribution in [0.4, 0.5) is 5.82 Å². The van der Waals surface area contributed by atoms with Gasteiger partial charge in [0, 0.05) is 15.7 Å². The van der Waals surface area contributed by atoms with Crippen molar-refractivity contribution in [1.29, 1.82) is 0 Å². The average Bonchev–Trinajstić information content (AvgIpc) is 2.69. The van der Waals surface area contributed by atoms with Crippen molar-refractivity contribution in [2.24, 2.45) is 0 Å². The Bertz CT molecular complexity index is 782. The molecule has 0 bridgehead atoms.